The number of carbonyl (C=O) groups excluding carboxylic acids is 1. The Hall–Kier alpha value is -2.49. The molecule has 90 valence electrons. The first kappa shape index (κ1) is 12.6. The van der Waals surface area contributed by atoms with E-state index >= 15 is 0 Å². The minimum Gasteiger partial charge on any atom is -0.399 e. The fraction of sp³-hybridized carbons (Fsp3) is 0. The van der Waals surface area contributed by atoms with Crippen molar-refractivity contribution in [2.45, 2.75) is 0 Å². The molecule has 0 fully saturated rings. The molecular weight excluding hydrogens is 214 g/mol. The SMILES string of the molecule is NC(=O)c1ccc(N)cc1.Nc1ccccc1.[HH]. The molecule has 0 aliphatic heterocycles. The van der Waals surface area contributed by atoms with Crippen LogP contribution in [0.4, 0.5) is 11.4 Å². The molecule has 0 atom stereocenters. The predicted molar refractivity (Wildman–Crippen MR) is 72.3 cm³/mol. The molecule has 2 rings (SSSR count). The first-order valence-corrected chi connectivity index (χ1v) is 5.05. The third-order valence-corrected chi connectivity index (χ3v) is 1.99. The van der Waals surface area contributed by atoms with Crippen LogP contribution in [0.2, 0.25) is 0 Å². The summed E-state index contributed by atoms with van der Waals surface area (Å²) >= 11 is 0. The molecule has 0 saturated heterocycles. The van der Waals surface area contributed by atoms with E-state index < -0.39 is 5.91 Å². The van der Waals surface area contributed by atoms with Gasteiger partial charge in [-0.3, -0.25) is 4.79 Å². The van der Waals surface area contributed by atoms with Crippen LogP contribution in [0.15, 0.2) is 54.6 Å². The van der Waals surface area contributed by atoms with Crippen molar-refractivity contribution in [2.24, 2.45) is 5.73 Å². The van der Waals surface area contributed by atoms with Gasteiger partial charge >= 0.3 is 0 Å². The summed E-state index contributed by atoms with van der Waals surface area (Å²) in [6, 6.07) is 16.0. The highest BCUT2D eigenvalue weighted by Crippen LogP contribution is 2.03. The predicted octanol–water partition coefficient (Wildman–Crippen LogP) is 1.88. The summed E-state index contributed by atoms with van der Waals surface area (Å²) < 4.78 is 0. The van der Waals surface area contributed by atoms with Gasteiger partial charge < -0.3 is 17.2 Å². The van der Waals surface area contributed by atoms with Crippen molar-refractivity contribution in [3.8, 4) is 0 Å². The minimum atomic E-state index is -0.431. The number of rotatable bonds is 1. The summed E-state index contributed by atoms with van der Waals surface area (Å²) in [5, 5.41) is 0. The van der Waals surface area contributed by atoms with Gasteiger partial charge in [0.2, 0.25) is 5.91 Å². The molecule has 0 radical (unpaired) electrons. The summed E-state index contributed by atoms with van der Waals surface area (Å²) in [5.41, 5.74) is 17.6. The van der Waals surface area contributed by atoms with E-state index in [0.29, 0.717) is 11.3 Å². The Labute approximate surface area is 102 Å². The Morgan fingerprint density at radius 1 is 0.824 bits per heavy atom. The summed E-state index contributed by atoms with van der Waals surface area (Å²) in [6.45, 7) is 0. The van der Waals surface area contributed by atoms with Crippen molar-refractivity contribution in [3.63, 3.8) is 0 Å². The van der Waals surface area contributed by atoms with Crippen molar-refractivity contribution in [3.05, 3.63) is 60.2 Å². The number of amides is 1. The van der Waals surface area contributed by atoms with Gasteiger partial charge in [0.1, 0.15) is 0 Å². The molecule has 2 aromatic rings. The molecule has 4 nitrogen and oxygen atoms in total. The normalized spacial score (nSPS) is 8.94. The number of primary amides is 1. The van der Waals surface area contributed by atoms with E-state index in [-0.39, 0.29) is 1.43 Å². The average molecular weight is 231 g/mol. The van der Waals surface area contributed by atoms with E-state index in [2.05, 4.69) is 0 Å². The molecule has 17 heavy (non-hydrogen) atoms. The molecule has 4 heteroatoms. The zero-order chi connectivity index (χ0) is 12.7. The standard InChI is InChI=1S/C7H8N2O.C6H7N.H2/c8-6-3-1-5(2-4-6)7(9)10;7-6-4-2-1-3-5-6;/h1-4H,8H2,(H2,9,10);1-5H,7H2;1H. The molecule has 0 aliphatic rings. The molecular formula is C13H17N3O. The van der Waals surface area contributed by atoms with E-state index in [1.165, 1.54) is 0 Å². The molecule has 0 unspecified atom stereocenters. The third kappa shape index (κ3) is 4.70. The van der Waals surface area contributed by atoms with Gasteiger partial charge in [-0.2, -0.15) is 0 Å². The molecule has 0 aromatic heterocycles. The summed E-state index contributed by atoms with van der Waals surface area (Å²) in [5.74, 6) is -0.431. The lowest BCUT2D eigenvalue weighted by Gasteiger charge is -1.93. The quantitative estimate of drug-likeness (QED) is 0.654. The number of carbonyl (C=O) groups is 1. The van der Waals surface area contributed by atoms with Crippen LogP contribution in [0.3, 0.4) is 0 Å². The van der Waals surface area contributed by atoms with Crippen molar-refractivity contribution >= 4 is 17.3 Å². The van der Waals surface area contributed by atoms with E-state index in [1.54, 1.807) is 24.3 Å². The van der Waals surface area contributed by atoms with Gasteiger partial charge in [0.25, 0.3) is 0 Å². The summed E-state index contributed by atoms with van der Waals surface area (Å²) in [7, 11) is 0. The highest BCUT2D eigenvalue weighted by atomic mass is 16.1. The fourth-order valence-corrected chi connectivity index (χ4v) is 1.10. The van der Waals surface area contributed by atoms with Gasteiger partial charge in [-0.25, -0.2) is 0 Å². The van der Waals surface area contributed by atoms with Crippen LogP contribution in [0.5, 0.6) is 0 Å². The minimum absolute atomic E-state index is 0. The number of hydrogen-bond donors (Lipinski definition) is 3. The van der Waals surface area contributed by atoms with Crippen molar-refractivity contribution in [1.82, 2.24) is 0 Å². The van der Waals surface area contributed by atoms with E-state index in [4.69, 9.17) is 17.2 Å². The highest BCUT2D eigenvalue weighted by Gasteiger charge is 1.96. The fourth-order valence-electron chi connectivity index (χ4n) is 1.10. The van der Waals surface area contributed by atoms with Crippen LogP contribution in [0.25, 0.3) is 0 Å². The smallest absolute Gasteiger partial charge is 0.248 e. The Morgan fingerprint density at radius 2 is 1.29 bits per heavy atom. The molecule has 0 aliphatic carbocycles. The van der Waals surface area contributed by atoms with Gasteiger partial charge in [0.15, 0.2) is 0 Å². The molecule has 1 amide bonds. The Bertz CT molecular complexity index is 471. The van der Waals surface area contributed by atoms with Crippen LogP contribution >= 0.6 is 0 Å². The second-order valence-corrected chi connectivity index (χ2v) is 3.40. The molecule has 0 heterocycles. The van der Waals surface area contributed by atoms with E-state index in [1.807, 2.05) is 30.3 Å². The highest BCUT2D eigenvalue weighted by molar-refractivity contribution is 5.92. The van der Waals surface area contributed by atoms with Crippen molar-refractivity contribution in [1.29, 1.82) is 0 Å². The van der Waals surface area contributed by atoms with Gasteiger partial charge in [-0.05, 0) is 36.4 Å². The zero-order valence-electron chi connectivity index (χ0n) is 9.34. The van der Waals surface area contributed by atoms with Crippen LogP contribution in [0.1, 0.15) is 11.8 Å². The van der Waals surface area contributed by atoms with Crippen LogP contribution in [-0.4, -0.2) is 5.91 Å². The monoisotopic (exact) mass is 231 g/mol. The summed E-state index contributed by atoms with van der Waals surface area (Å²) in [4.78, 5) is 10.5. The number of para-hydroxylation sites is 1. The number of nitrogen functional groups attached to an aromatic ring is 2. The maximum absolute atomic E-state index is 10.5. The number of hydrogen-bond acceptors (Lipinski definition) is 3. The maximum Gasteiger partial charge on any atom is 0.248 e. The Morgan fingerprint density at radius 3 is 1.65 bits per heavy atom. The Kier molecular flexibility index (Phi) is 4.57. The number of benzene rings is 2. The first-order valence-electron chi connectivity index (χ1n) is 5.05. The van der Waals surface area contributed by atoms with Gasteiger partial charge in [-0.15, -0.1) is 0 Å². The van der Waals surface area contributed by atoms with E-state index in [0.717, 1.165) is 5.69 Å². The molecule has 0 spiro atoms. The molecule has 6 N–H and O–H groups in total. The van der Waals surface area contributed by atoms with Crippen LogP contribution in [-0.2, 0) is 0 Å². The van der Waals surface area contributed by atoms with Crippen LogP contribution < -0.4 is 17.2 Å². The third-order valence-electron chi connectivity index (χ3n) is 1.99. The first-order chi connectivity index (χ1) is 8.09. The zero-order valence-corrected chi connectivity index (χ0v) is 9.34. The van der Waals surface area contributed by atoms with Gasteiger partial charge in [0.05, 0.1) is 0 Å². The average Bonchev–Trinajstić information content (AvgIpc) is 2.31. The van der Waals surface area contributed by atoms with E-state index in [9.17, 15) is 4.79 Å². The number of nitrogens with two attached hydrogens (primary N) is 3. The van der Waals surface area contributed by atoms with Crippen molar-refractivity contribution < 1.29 is 6.22 Å². The lowest BCUT2D eigenvalue weighted by atomic mass is 10.2. The summed E-state index contributed by atoms with van der Waals surface area (Å²) in [6.07, 6.45) is 0. The van der Waals surface area contributed by atoms with Crippen LogP contribution in [0, 0.1) is 0 Å². The Balaban J connectivity index is 0.000000321. The number of anilines is 2. The second-order valence-electron chi connectivity index (χ2n) is 3.40. The topological polar surface area (TPSA) is 95.1 Å². The lowest BCUT2D eigenvalue weighted by Crippen LogP contribution is -2.10. The molecule has 0 bridgehead atoms. The lowest BCUT2D eigenvalue weighted by molar-refractivity contribution is 0.100. The van der Waals surface area contributed by atoms with Crippen molar-refractivity contribution in [2.75, 3.05) is 11.5 Å². The van der Waals surface area contributed by atoms with Gasteiger partial charge in [0, 0.05) is 18.4 Å². The van der Waals surface area contributed by atoms with Gasteiger partial charge in [-0.1, -0.05) is 18.2 Å². The molecule has 0 saturated carbocycles. The molecule has 2 aromatic carbocycles. The maximum atomic E-state index is 10.5. The second kappa shape index (κ2) is 6.17. The largest absolute Gasteiger partial charge is 0.399 e.